The van der Waals surface area contributed by atoms with E-state index in [-0.39, 0.29) is 5.41 Å². The molecule has 0 aromatic heterocycles. The summed E-state index contributed by atoms with van der Waals surface area (Å²) >= 11 is 0. The lowest BCUT2D eigenvalue weighted by Gasteiger charge is -2.25. The van der Waals surface area contributed by atoms with Crippen LogP contribution in [-0.4, -0.2) is 38.4 Å². The topological polar surface area (TPSA) is 29.5 Å². The Kier molecular flexibility index (Phi) is 4.29. The van der Waals surface area contributed by atoms with Crippen LogP contribution in [-0.2, 0) is 4.79 Å². The van der Waals surface area contributed by atoms with Crippen molar-refractivity contribution in [2.75, 3.05) is 27.7 Å². The van der Waals surface area contributed by atoms with Crippen molar-refractivity contribution in [1.29, 1.82) is 0 Å². The minimum absolute atomic E-state index is 0.234. The molecule has 1 fully saturated rings. The first-order valence-corrected chi connectivity index (χ1v) is 6.99. The van der Waals surface area contributed by atoms with Crippen molar-refractivity contribution in [2.45, 2.75) is 19.8 Å². The van der Waals surface area contributed by atoms with Gasteiger partial charge in [0.05, 0.1) is 7.11 Å². The SMILES string of the molecule is COc1ccc(/C=C2/CC[C@](C)(CN(C)C)C2=O)cc1. The number of ether oxygens (including phenoxy) is 1. The van der Waals surface area contributed by atoms with Crippen LogP contribution in [0.1, 0.15) is 25.3 Å². The lowest BCUT2D eigenvalue weighted by Crippen LogP contribution is -2.34. The van der Waals surface area contributed by atoms with Crippen LogP contribution in [0.5, 0.6) is 5.75 Å². The molecular weight excluding hydrogens is 250 g/mol. The van der Waals surface area contributed by atoms with Gasteiger partial charge in [0.2, 0.25) is 0 Å². The largest absolute Gasteiger partial charge is 0.497 e. The highest BCUT2D eigenvalue weighted by molar-refractivity contribution is 6.05. The minimum Gasteiger partial charge on any atom is -0.497 e. The number of nitrogens with zero attached hydrogens (tertiary/aromatic N) is 1. The van der Waals surface area contributed by atoms with Crippen LogP contribution in [0.3, 0.4) is 0 Å². The van der Waals surface area contributed by atoms with Gasteiger partial charge < -0.3 is 9.64 Å². The maximum absolute atomic E-state index is 12.6. The van der Waals surface area contributed by atoms with Gasteiger partial charge in [0.25, 0.3) is 0 Å². The number of hydrogen-bond donors (Lipinski definition) is 0. The van der Waals surface area contributed by atoms with E-state index in [2.05, 4.69) is 11.8 Å². The number of carbonyl (C=O) groups excluding carboxylic acids is 1. The Balaban J connectivity index is 2.17. The van der Waals surface area contributed by atoms with Crippen molar-refractivity contribution in [3.63, 3.8) is 0 Å². The lowest BCUT2D eigenvalue weighted by molar-refractivity contribution is -0.122. The molecule has 1 saturated carbocycles. The molecule has 0 aliphatic heterocycles. The maximum atomic E-state index is 12.6. The van der Waals surface area contributed by atoms with E-state index in [1.807, 2.05) is 44.4 Å². The fourth-order valence-corrected chi connectivity index (χ4v) is 2.91. The van der Waals surface area contributed by atoms with Crippen LogP contribution in [0, 0.1) is 5.41 Å². The second-order valence-corrected chi connectivity index (χ2v) is 6.07. The Labute approximate surface area is 121 Å². The summed E-state index contributed by atoms with van der Waals surface area (Å²) in [6, 6.07) is 7.82. The van der Waals surface area contributed by atoms with Gasteiger partial charge in [-0.15, -0.1) is 0 Å². The van der Waals surface area contributed by atoms with Crippen molar-refractivity contribution in [3.05, 3.63) is 35.4 Å². The zero-order valence-electron chi connectivity index (χ0n) is 12.8. The van der Waals surface area contributed by atoms with Crippen molar-refractivity contribution >= 4 is 11.9 Å². The number of rotatable bonds is 4. The average Bonchev–Trinajstić information content (AvgIpc) is 2.67. The summed E-state index contributed by atoms with van der Waals surface area (Å²) < 4.78 is 5.14. The predicted molar refractivity (Wildman–Crippen MR) is 81.9 cm³/mol. The van der Waals surface area contributed by atoms with Crippen LogP contribution in [0.2, 0.25) is 0 Å². The highest BCUT2D eigenvalue weighted by Crippen LogP contribution is 2.39. The minimum atomic E-state index is -0.234. The van der Waals surface area contributed by atoms with E-state index < -0.39 is 0 Å². The molecular formula is C17H23NO2. The Hall–Kier alpha value is -1.61. The predicted octanol–water partition coefficient (Wildman–Crippen LogP) is 3.01. The number of allylic oxidation sites excluding steroid dienone is 1. The molecule has 108 valence electrons. The number of carbonyl (C=O) groups is 1. The highest BCUT2D eigenvalue weighted by Gasteiger charge is 2.40. The first kappa shape index (κ1) is 14.8. The second-order valence-electron chi connectivity index (χ2n) is 6.07. The maximum Gasteiger partial charge on any atom is 0.166 e. The van der Waals surface area contributed by atoms with E-state index in [1.54, 1.807) is 7.11 Å². The normalized spacial score (nSPS) is 24.6. The molecule has 0 unspecified atom stereocenters. The lowest BCUT2D eigenvalue weighted by atomic mass is 9.86. The van der Waals surface area contributed by atoms with E-state index in [4.69, 9.17) is 4.74 Å². The molecule has 1 aromatic carbocycles. The Morgan fingerprint density at radius 2 is 1.95 bits per heavy atom. The quantitative estimate of drug-likeness (QED) is 0.790. The van der Waals surface area contributed by atoms with Crippen LogP contribution in [0.25, 0.3) is 6.08 Å². The third kappa shape index (κ3) is 3.10. The molecule has 1 aromatic rings. The Morgan fingerprint density at radius 1 is 1.30 bits per heavy atom. The van der Waals surface area contributed by atoms with Crippen LogP contribution in [0.4, 0.5) is 0 Å². The standard InChI is InChI=1S/C17H23NO2/c1-17(12-18(2)3)10-9-14(16(17)19)11-13-5-7-15(20-4)8-6-13/h5-8,11H,9-10,12H2,1-4H3/b14-11-/t17-/m1/s1. The van der Waals surface area contributed by atoms with Gasteiger partial charge in [-0.25, -0.2) is 0 Å². The van der Waals surface area contributed by atoms with E-state index in [9.17, 15) is 4.79 Å². The van der Waals surface area contributed by atoms with Gasteiger partial charge in [0.15, 0.2) is 5.78 Å². The van der Waals surface area contributed by atoms with Gasteiger partial charge in [-0.1, -0.05) is 19.1 Å². The van der Waals surface area contributed by atoms with Crippen LogP contribution in [0.15, 0.2) is 29.8 Å². The highest BCUT2D eigenvalue weighted by atomic mass is 16.5. The zero-order valence-corrected chi connectivity index (χ0v) is 12.8. The van der Waals surface area contributed by atoms with Gasteiger partial charge in [-0.2, -0.15) is 0 Å². The van der Waals surface area contributed by atoms with Gasteiger partial charge in [0, 0.05) is 12.0 Å². The van der Waals surface area contributed by atoms with E-state index in [0.717, 1.165) is 36.3 Å². The van der Waals surface area contributed by atoms with Crippen LogP contribution < -0.4 is 4.74 Å². The molecule has 0 saturated heterocycles. The first-order valence-electron chi connectivity index (χ1n) is 6.99. The van der Waals surface area contributed by atoms with Crippen molar-refractivity contribution in [3.8, 4) is 5.75 Å². The monoisotopic (exact) mass is 273 g/mol. The molecule has 0 radical (unpaired) electrons. The molecule has 1 aliphatic rings. The van der Waals surface area contributed by atoms with E-state index >= 15 is 0 Å². The van der Waals surface area contributed by atoms with Crippen molar-refractivity contribution < 1.29 is 9.53 Å². The number of hydrogen-bond acceptors (Lipinski definition) is 3. The Bertz CT molecular complexity index is 516. The van der Waals surface area contributed by atoms with Gasteiger partial charge >= 0.3 is 0 Å². The molecule has 0 heterocycles. The van der Waals surface area contributed by atoms with Gasteiger partial charge in [0.1, 0.15) is 5.75 Å². The summed E-state index contributed by atoms with van der Waals surface area (Å²) in [6.07, 6.45) is 3.82. The molecule has 2 rings (SSSR count). The summed E-state index contributed by atoms with van der Waals surface area (Å²) in [7, 11) is 5.69. The number of benzene rings is 1. The van der Waals surface area contributed by atoms with Crippen molar-refractivity contribution in [1.82, 2.24) is 4.90 Å². The third-order valence-electron chi connectivity index (χ3n) is 3.91. The Morgan fingerprint density at radius 3 is 2.50 bits per heavy atom. The number of ketones is 1. The number of Topliss-reactive ketones (excluding diaryl/α,β-unsaturated/α-hetero) is 1. The molecule has 1 aliphatic carbocycles. The molecule has 3 heteroatoms. The number of methoxy groups -OCH3 is 1. The summed E-state index contributed by atoms with van der Waals surface area (Å²) in [5, 5.41) is 0. The molecule has 0 spiro atoms. The van der Waals surface area contributed by atoms with E-state index in [0.29, 0.717) is 5.78 Å². The third-order valence-corrected chi connectivity index (χ3v) is 3.91. The molecule has 3 nitrogen and oxygen atoms in total. The molecule has 0 amide bonds. The van der Waals surface area contributed by atoms with E-state index in [1.165, 1.54) is 0 Å². The van der Waals surface area contributed by atoms with Crippen molar-refractivity contribution in [2.24, 2.45) is 5.41 Å². The smallest absolute Gasteiger partial charge is 0.166 e. The van der Waals surface area contributed by atoms with Crippen LogP contribution >= 0.6 is 0 Å². The molecule has 1 atom stereocenters. The summed E-state index contributed by atoms with van der Waals surface area (Å²) in [4.78, 5) is 14.7. The molecule has 0 N–H and O–H groups in total. The zero-order chi connectivity index (χ0) is 14.8. The fraction of sp³-hybridized carbons (Fsp3) is 0.471. The first-order chi connectivity index (χ1) is 9.44. The molecule has 20 heavy (non-hydrogen) atoms. The summed E-state index contributed by atoms with van der Waals surface area (Å²) in [5.41, 5.74) is 1.77. The van der Waals surface area contributed by atoms with Gasteiger partial charge in [-0.05, 0) is 56.3 Å². The van der Waals surface area contributed by atoms with Gasteiger partial charge in [-0.3, -0.25) is 4.79 Å². The average molecular weight is 273 g/mol. The summed E-state index contributed by atoms with van der Waals surface area (Å²) in [6.45, 7) is 2.88. The molecule has 0 bridgehead atoms. The second kappa shape index (κ2) is 5.80. The summed E-state index contributed by atoms with van der Waals surface area (Å²) in [5.74, 6) is 1.13. The fourth-order valence-electron chi connectivity index (χ4n) is 2.91.